The van der Waals surface area contributed by atoms with Crippen molar-refractivity contribution in [2.75, 3.05) is 26.7 Å². The summed E-state index contributed by atoms with van der Waals surface area (Å²) in [4.78, 5) is 13.7. The molecule has 1 aliphatic heterocycles. The molecule has 2 heterocycles. The second-order valence-electron chi connectivity index (χ2n) is 5.54. The molecule has 0 amide bonds. The molecule has 6 heteroatoms. The molecule has 1 aliphatic rings. The number of rotatable bonds is 4. The van der Waals surface area contributed by atoms with Crippen molar-refractivity contribution in [1.82, 2.24) is 10.2 Å². The molecule has 1 saturated heterocycles. The molecular formula is C17H19FN2O3. The summed E-state index contributed by atoms with van der Waals surface area (Å²) in [6, 6.07) is 8.41. The monoisotopic (exact) mass is 318 g/mol. The second-order valence-corrected chi connectivity index (χ2v) is 5.54. The summed E-state index contributed by atoms with van der Waals surface area (Å²) < 4.78 is 23.6. The normalized spacial score (nSPS) is 18.8. The number of nitrogens with one attached hydrogen (secondary N) is 1. The fourth-order valence-corrected chi connectivity index (χ4v) is 2.87. The number of piperazine rings is 1. The lowest BCUT2D eigenvalue weighted by molar-refractivity contribution is 0.0600. The van der Waals surface area contributed by atoms with Crippen LogP contribution in [0.4, 0.5) is 4.39 Å². The molecule has 1 unspecified atom stereocenters. The average Bonchev–Trinajstić information content (AvgIpc) is 3.03. The van der Waals surface area contributed by atoms with Gasteiger partial charge in [0, 0.05) is 25.7 Å². The van der Waals surface area contributed by atoms with Gasteiger partial charge in [0.15, 0.2) is 0 Å². The molecule has 0 saturated carbocycles. The Labute approximate surface area is 134 Å². The van der Waals surface area contributed by atoms with Crippen molar-refractivity contribution in [3.63, 3.8) is 0 Å². The average molecular weight is 318 g/mol. The van der Waals surface area contributed by atoms with Crippen LogP contribution in [0.1, 0.15) is 27.7 Å². The van der Waals surface area contributed by atoms with Crippen LogP contribution in [0.15, 0.2) is 41.0 Å². The first-order valence-corrected chi connectivity index (χ1v) is 7.53. The highest BCUT2D eigenvalue weighted by Gasteiger charge is 2.25. The largest absolute Gasteiger partial charge is 0.467 e. The molecule has 1 aromatic heterocycles. The van der Waals surface area contributed by atoms with Gasteiger partial charge in [0.25, 0.3) is 0 Å². The highest BCUT2D eigenvalue weighted by atomic mass is 19.1. The molecule has 122 valence electrons. The minimum atomic E-state index is -0.415. The van der Waals surface area contributed by atoms with Gasteiger partial charge in [-0.15, -0.1) is 0 Å². The number of methoxy groups -OCH3 is 1. The Morgan fingerprint density at radius 1 is 1.48 bits per heavy atom. The molecule has 1 aromatic carbocycles. The third-order valence-electron chi connectivity index (χ3n) is 4.02. The Morgan fingerprint density at radius 2 is 2.35 bits per heavy atom. The predicted molar refractivity (Wildman–Crippen MR) is 82.5 cm³/mol. The molecule has 0 aliphatic carbocycles. The van der Waals surface area contributed by atoms with Crippen molar-refractivity contribution in [1.29, 1.82) is 0 Å². The summed E-state index contributed by atoms with van der Waals surface area (Å²) in [6.07, 6.45) is 1.40. The van der Waals surface area contributed by atoms with Crippen LogP contribution < -0.4 is 5.32 Å². The lowest BCUT2D eigenvalue weighted by Gasteiger charge is -2.36. The van der Waals surface area contributed by atoms with Crippen LogP contribution in [0.2, 0.25) is 0 Å². The van der Waals surface area contributed by atoms with Crippen molar-refractivity contribution in [3.8, 4) is 0 Å². The van der Waals surface area contributed by atoms with Gasteiger partial charge in [-0.05, 0) is 23.8 Å². The molecule has 0 bridgehead atoms. The molecule has 1 atom stereocenters. The summed E-state index contributed by atoms with van der Waals surface area (Å²) >= 11 is 0. The van der Waals surface area contributed by atoms with E-state index in [1.165, 1.54) is 19.4 Å². The van der Waals surface area contributed by atoms with E-state index in [1.54, 1.807) is 18.2 Å². The standard InChI is InChI=1S/C17H19FN2O3/c1-22-17(21)13-8-15(23-11-13)10-20-6-5-19-9-16(20)12-3-2-4-14(18)7-12/h2-4,7-8,11,16,19H,5-6,9-10H2,1H3. The molecule has 0 radical (unpaired) electrons. The quantitative estimate of drug-likeness (QED) is 0.877. The van der Waals surface area contributed by atoms with Crippen LogP contribution in [0, 0.1) is 5.82 Å². The van der Waals surface area contributed by atoms with E-state index in [0.29, 0.717) is 17.9 Å². The zero-order valence-corrected chi connectivity index (χ0v) is 12.9. The van der Waals surface area contributed by atoms with Gasteiger partial charge in [-0.1, -0.05) is 12.1 Å². The fourth-order valence-electron chi connectivity index (χ4n) is 2.87. The SMILES string of the molecule is COC(=O)c1coc(CN2CCNCC2c2cccc(F)c2)c1. The van der Waals surface area contributed by atoms with Gasteiger partial charge in [-0.25, -0.2) is 9.18 Å². The maximum Gasteiger partial charge on any atom is 0.341 e. The van der Waals surface area contributed by atoms with Crippen LogP contribution in [-0.4, -0.2) is 37.6 Å². The number of carbonyl (C=O) groups is 1. The summed E-state index contributed by atoms with van der Waals surface area (Å²) in [5, 5.41) is 3.33. The second kappa shape index (κ2) is 6.93. The van der Waals surface area contributed by atoms with Gasteiger partial charge in [0.2, 0.25) is 0 Å². The topological polar surface area (TPSA) is 54.7 Å². The maximum atomic E-state index is 13.5. The zero-order chi connectivity index (χ0) is 16.2. The van der Waals surface area contributed by atoms with Crippen molar-refractivity contribution in [3.05, 3.63) is 59.3 Å². The molecule has 1 N–H and O–H groups in total. The Balaban J connectivity index is 1.76. The molecule has 0 spiro atoms. The molecular weight excluding hydrogens is 299 g/mol. The number of halogens is 1. The Hall–Kier alpha value is -2.18. The third-order valence-corrected chi connectivity index (χ3v) is 4.02. The summed E-state index contributed by atoms with van der Waals surface area (Å²) in [7, 11) is 1.34. The third kappa shape index (κ3) is 3.60. The van der Waals surface area contributed by atoms with E-state index in [9.17, 15) is 9.18 Å². The fraction of sp³-hybridized carbons (Fsp3) is 0.353. The first-order chi connectivity index (χ1) is 11.2. The lowest BCUT2D eigenvalue weighted by Crippen LogP contribution is -2.45. The minimum Gasteiger partial charge on any atom is -0.467 e. The van der Waals surface area contributed by atoms with Gasteiger partial charge in [-0.3, -0.25) is 4.90 Å². The van der Waals surface area contributed by atoms with Gasteiger partial charge < -0.3 is 14.5 Å². The van der Waals surface area contributed by atoms with E-state index >= 15 is 0 Å². The van der Waals surface area contributed by atoms with Gasteiger partial charge in [0.05, 0.1) is 19.2 Å². The summed E-state index contributed by atoms with van der Waals surface area (Å²) in [5.74, 6) is 0.0368. The number of esters is 1. The van der Waals surface area contributed by atoms with E-state index in [1.807, 2.05) is 6.07 Å². The first kappa shape index (κ1) is 15.7. The number of hydrogen-bond donors (Lipinski definition) is 1. The lowest BCUT2D eigenvalue weighted by atomic mass is 10.0. The highest BCUT2D eigenvalue weighted by molar-refractivity contribution is 5.88. The van der Waals surface area contributed by atoms with E-state index in [4.69, 9.17) is 4.42 Å². The number of benzene rings is 1. The van der Waals surface area contributed by atoms with E-state index in [2.05, 4.69) is 15.0 Å². The number of nitrogens with zero attached hydrogens (tertiary/aromatic N) is 1. The highest BCUT2D eigenvalue weighted by Crippen LogP contribution is 2.25. The number of ether oxygens (including phenoxy) is 1. The van der Waals surface area contributed by atoms with Crippen molar-refractivity contribution >= 4 is 5.97 Å². The van der Waals surface area contributed by atoms with Gasteiger partial charge in [-0.2, -0.15) is 0 Å². The van der Waals surface area contributed by atoms with Crippen LogP contribution >= 0.6 is 0 Å². The van der Waals surface area contributed by atoms with E-state index in [-0.39, 0.29) is 11.9 Å². The maximum absolute atomic E-state index is 13.5. The summed E-state index contributed by atoms with van der Waals surface area (Å²) in [6.45, 7) is 2.97. The predicted octanol–water partition coefficient (Wildman–Crippen LogP) is 2.35. The van der Waals surface area contributed by atoms with Crippen molar-refractivity contribution in [2.45, 2.75) is 12.6 Å². The van der Waals surface area contributed by atoms with Crippen molar-refractivity contribution < 1.29 is 18.3 Å². The smallest absolute Gasteiger partial charge is 0.341 e. The number of furan rings is 1. The van der Waals surface area contributed by atoms with Crippen molar-refractivity contribution in [2.24, 2.45) is 0 Å². The molecule has 5 nitrogen and oxygen atoms in total. The van der Waals surface area contributed by atoms with Gasteiger partial charge in [0.1, 0.15) is 17.8 Å². The zero-order valence-electron chi connectivity index (χ0n) is 12.9. The number of carbonyl (C=O) groups excluding carboxylic acids is 1. The Bertz CT molecular complexity index is 686. The van der Waals surface area contributed by atoms with Crippen LogP contribution in [0.25, 0.3) is 0 Å². The summed E-state index contributed by atoms with van der Waals surface area (Å²) in [5.41, 5.74) is 1.33. The molecule has 3 rings (SSSR count). The molecule has 2 aromatic rings. The minimum absolute atomic E-state index is 0.0612. The first-order valence-electron chi connectivity index (χ1n) is 7.53. The molecule has 23 heavy (non-hydrogen) atoms. The van der Waals surface area contributed by atoms with E-state index < -0.39 is 5.97 Å². The number of hydrogen-bond acceptors (Lipinski definition) is 5. The van der Waals surface area contributed by atoms with Crippen LogP contribution in [0.5, 0.6) is 0 Å². The Kier molecular flexibility index (Phi) is 4.73. The van der Waals surface area contributed by atoms with E-state index in [0.717, 1.165) is 25.2 Å². The van der Waals surface area contributed by atoms with Crippen LogP contribution in [0.3, 0.4) is 0 Å². The van der Waals surface area contributed by atoms with Gasteiger partial charge >= 0.3 is 5.97 Å². The van der Waals surface area contributed by atoms with Crippen LogP contribution in [-0.2, 0) is 11.3 Å². The molecule has 1 fully saturated rings. The Morgan fingerprint density at radius 3 is 3.13 bits per heavy atom.